The Balaban J connectivity index is 0.00000576. The second-order valence-electron chi connectivity index (χ2n) is 6.31. The van der Waals surface area contributed by atoms with E-state index < -0.39 is 30.1 Å². The molecule has 0 aliphatic rings. The zero-order valence-corrected chi connectivity index (χ0v) is 18.3. The number of hydrogen-bond acceptors (Lipinski definition) is 4. The van der Waals surface area contributed by atoms with E-state index in [1.165, 1.54) is 6.92 Å². The van der Waals surface area contributed by atoms with Crippen LogP contribution in [0.25, 0.3) is 0 Å². The van der Waals surface area contributed by atoms with Crippen LogP contribution in [0.2, 0.25) is 0 Å². The van der Waals surface area contributed by atoms with Gasteiger partial charge in [0, 0.05) is 5.69 Å². The summed E-state index contributed by atoms with van der Waals surface area (Å²) in [6.07, 6.45) is -1.20. The maximum Gasteiger partial charge on any atom is 1.00 e. The van der Waals surface area contributed by atoms with Gasteiger partial charge in [-0.05, 0) is 38.8 Å². The smallest absolute Gasteiger partial charge is 0.469 e. The van der Waals surface area contributed by atoms with Crippen molar-refractivity contribution in [1.29, 1.82) is 0 Å². The maximum atomic E-state index is 13.1. The molecule has 0 saturated carbocycles. The van der Waals surface area contributed by atoms with Crippen LogP contribution in [0.5, 0.6) is 0 Å². The summed E-state index contributed by atoms with van der Waals surface area (Å²) in [5, 5.41) is 2.31. The van der Waals surface area contributed by atoms with Crippen molar-refractivity contribution in [1.82, 2.24) is 0 Å². The van der Waals surface area contributed by atoms with E-state index >= 15 is 0 Å². The predicted octanol–water partition coefficient (Wildman–Crippen LogP) is 0.116. The van der Waals surface area contributed by atoms with Crippen LogP contribution in [-0.4, -0.2) is 31.8 Å². The Morgan fingerprint density at radius 1 is 1.20 bits per heavy atom. The molecule has 0 aromatic heterocycles. The van der Waals surface area contributed by atoms with Crippen molar-refractivity contribution >= 4 is 30.2 Å². The first-order valence-corrected chi connectivity index (χ1v) is 7.23. The Hall–Kier alpha value is -0.549. The standard InChI is InChI=1S/C15H20BF3NO4.K/c1-9-10(7-13(21)23-5)6-11(16(17,18)19)8-12(9)20-14(22)24-15(2,3)4;/h6,8H,7H2,1-5H3,(H,20,22);/q-1;+1. The molecular formula is C15H20BF3KNO4. The number of nitrogens with one attached hydrogen (secondary N) is 1. The minimum absolute atomic E-state index is 0. The Labute approximate surface area is 187 Å². The first kappa shape index (κ1) is 24.5. The molecule has 0 heterocycles. The van der Waals surface area contributed by atoms with Gasteiger partial charge in [0.2, 0.25) is 0 Å². The van der Waals surface area contributed by atoms with Crippen molar-refractivity contribution in [3.05, 3.63) is 23.3 Å². The molecule has 1 aromatic carbocycles. The summed E-state index contributed by atoms with van der Waals surface area (Å²) in [6.45, 7) is 1.12. The van der Waals surface area contributed by atoms with Crippen molar-refractivity contribution in [2.75, 3.05) is 12.4 Å². The van der Waals surface area contributed by atoms with E-state index in [9.17, 15) is 22.5 Å². The summed E-state index contributed by atoms with van der Waals surface area (Å²) < 4.78 is 48.9. The molecule has 10 heteroatoms. The number of methoxy groups -OCH3 is 1. The fourth-order valence-corrected chi connectivity index (χ4v) is 1.94. The van der Waals surface area contributed by atoms with E-state index in [2.05, 4.69) is 10.1 Å². The Bertz CT molecular complexity index is 645. The molecule has 1 amide bonds. The summed E-state index contributed by atoms with van der Waals surface area (Å²) in [5.41, 5.74) is -1.29. The minimum atomic E-state index is -5.30. The number of rotatable bonds is 4. The van der Waals surface area contributed by atoms with Gasteiger partial charge in [0.15, 0.2) is 0 Å². The second-order valence-corrected chi connectivity index (χ2v) is 6.31. The molecule has 0 spiro atoms. The first-order valence-electron chi connectivity index (χ1n) is 7.23. The van der Waals surface area contributed by atoms with Gasteiger partial charge < -0.3 is 22.4 Å². The zero-order chi connectivity index (χ0) is 18.7. The molecule has 0 unspecified atom stereocenters. The number of hydrogen-bond donors (Lipinski definition) is 1. The Kier molecular flexibility index (Phi) is 9.20. The van der Waals surface area contributed by atoms with Gasteiger partial charge in [-0.25, -0.2) is 4.79 Å². The molecule has 0 radical (unpaired) electrons. The van der Waals surface area contributed by atoms with Gasteiger partial charge in [-0.15, -0.1) is 5.46 Å². The second kappa shape index (κ2) is 9.41. The number of benzene rings is 1. The average molecular weight is 385 g/mol. The number of esters is 1. The fraction of sp³-hybridized carbons (Fsp3) is 0.467. The summed E-state index contributed by atoms with van der Waals surface area (Å²) in [5.74, 6) is -0.673. The molecule has 0 fully saturated rings. The van der Waals surface area contributed by atoms with Gasteiger partial charge in [-0.2, -0.15) is 0 Å². The quantitative estimate of drug-likeness (QED) is 0.591. The number of carbonyl (C=O) groups excluding carboxylic acids is 2. The van der Waals surface area contributed by atoms with Gasteiger partial charge in [0.05, 0.1) is 13.5 Å². The minimum Gasteiger partial charge on any atom is -0.469 e. The normalized spacial score (nSPS) is 11.4. The molecule has 0 atom stereocenters. The molecule has 0 aliphatic carbocycles. The van der Waals surface area contributed by atoms with Gasteiger partial charge in [-0.1, -0.05) is 12.1 Å². The molecule has 0 saturated heterocycles. The SMILES string of the molecule is COC(=O)Cc1cc([B-](F)(F)F)cc(NC(=O)OC(C)(C)C)c1C.[K+]. The topological polar surface area (TPSA) is 64.6 Å². The van der Waals surface area contributed by atoms with Crippen molar-refractivity contribution in [2.24, 2.45) is 0 Å². The number of anilines is 1. The molecule has 134 valence electrons. The Morgan fingerprint density at radius 2 is 1.76 bits per heavy atom. The third kappa shape index (κ3) is 8.12. The predicted molar refractivity (Wildman–Crippen MR) is 85.5 cm³/mol. The molecule has 1 N–H and O–H groups in total. The van der Waals surface area contributed by atoms with Crippen molar-refractivity contribution in [2.45, 2.75) is 39.7 Å². The molecule has 1 rings (SSSR count). The van der Waals surface area contributed by atoms with E-state index in [0.29, 0.717) is 5.56 Å². The van der Waals surface area contributed by atoms with Crippen LogP contribution in [0, 0.1) is 6.92 Å². The van der Waals surface area contributed by atoms with Crippen LogP contribution in [0.15, 0.2) is 12.1 Å². The maximum absolute atomic E-state index is 13.1. The van der Waals surface area contributed by atoms with E-state index in [0.717, 1.165) is 19.2 Å². The van der Waals surface area contributed by atoms with Gasteiger partial charge >= 0.3 is 70.4 Å². The summed E-state index contributed by atoms with van der Waals surface area (Å²) in [7, 11) is 1.15. The fourth-order valence-electron chi connectivity index (χ4n) is 1.94. The average Bonchev–Trinajstić information content (AvgIpc) is 2.39. The number of amides is 1. The van der Waals surface area contributed by atoms with E-state index in [1.54, 1.807) is 20.8 Å². The molecule has 5 nitrogen and oxygen atoms in total. The third-order valence-electron chi connectivity index (χ3n) is 3.11. The van der Waals surface area contributed by atoms with Gasteiger partial charge in [-0.3, -0.25) is 10.1 Å². The molecule has 1 aromatic rings. The summed E-state index contributed by atoms with van der Waals surface area (Å²) in [4.78, 5) is 23.2. The van der Waals surface area contributed by atoms with Crippen LogP contribution in [0.3, 0.4) is 0 Å². The monoisotopic (exact) mass is 385 g/mol. The van der Waals surface area contributed by atoms with E-state index in [-0.39, 0.29) is 69.1 Å². The van der Waals surface area contributed by atoms with Crippen LogP contribution in [-0.2, 0) is 20.7 Å². The van der Waals surface area contributed by atoms with Crippen LogP contribution in [0.1, 0.15) is 31.9 Å². The summed E-state index contributed by atoms with van der Waals surface area (Å²) >= 11 is 0. The molecule has 0 aliphatic heterocycles. The van der Waals surface area contributed by atoms with Crippen molar-refractivity contribution in [3.63, 3.8) is 0 Å². The molecular weight excluding hydrogens is 365 g/mol. The number of ether oxygens (including phenoxy) is 2. The van der Waals surface area contributed by atoms with Gasteiger partial charge in [0.25, 0.3) is 0 Å². The van der Waals surface area contributed by atoms with Crippen LogP contribution in [0.4, 0.5) is 23.4 Å². The van der Waals surface area contributed by atoms with Crippen molar-refractivity contribution in [3.8, 4) is 0 Å². The van der Waals surface area contributed by atoms with Crippen molar-refractivity contribution < 1.29 is 83.4 Å². The third-order valence-corrected chi connectivity index (χ3v) is 3.11. The van der Waals surface area contributed by atoms with E-state index in [1.807, 2.05) is 0 Å². The van der Waals surface area contributed by atoms with E-state index in [4.69, 9.17) is 4.74 Å². The van der Waals surface area contributed by atoms with Gasteiger partial charge in [0.1, 0.15) is 5.60 Å². The van der Waals surface area contributed by atoms with Crippen LogP contribution >= 0.6 is 0 Å². The first-order chi connectivity index (χ1) is 10.8. The summed E-state index contributed by atoms with van der Waals surface area (Å²) in [6, 6.07) is 1.73. The number of halogens is 3. The molecule has 25 heavy (non-hydrogen) atoms. The zero-order valence-electron chi connectivity index (χ0n) is 15.2. The Morgan fingerprint density at radius 3 is 2.20 bits per heavy atom. The number of carbonyl (C=O) groups is 2. The van der Waals surface area contributed by atoms with Crippen LogP contribution < -0.4 is 62.2 Å². The molecule has 0 bridgehead atoms. The largest absolute Gasteiger partial charge is 1.00 e.